The molecule has 2 unspecified atom stereocenters. The van der Waals surface area contributed by atoms with Crippen molar-refractivity contribution in [2.45, 2.75) is 43.2 Å². The van der Waals surface area contributed by atoms with E-state index in [-0.39, 0.29) is 0 Å². The van der Waals surface area contributed by atoms with Crippen LogP contribution in [0.4, 0.5) is 0 Å². The summed E-state index contributed by atoms with van der Waals surface area (Å²) in [7, 11) is 1.72. The second kappa shape index (κ2) is 7.98. The Bertz CT molecular complexity index is 428. The van der Waals surface area contributed by atoms with Crippen LogP contribution in [0.25, 0.3) is 0 Å². The Morgan fingerprint density at radius 2 is 2.40 bits per heavy atom. The number of aryl methyl sites for hydroxylation is 1. The van der Waals surface area contributed by atoms with Gasteiger partial charge in [-0.25, -0.2) is 4.98 Å². The molecule has 1 aliphatic rings. The Morgan fingerprint density at radius 3 is 3.05 bits per heavy atom. The summed E-state index contributed by atoms with van der Waals surface area (Å²) in [6, 6.07) is 2.22. The summed E-state index contributed by atoms with van der Waals surface area (Å²) in [5.41, 5.74) is 2.47. The molecule has 0 saturated carbocycles. The summed E-state index contributed by atoms with van der Waals surface area (Å²) < 4.78 is 10.6. The molecule has 0 aliphatic carbocycles. The zero-order chi connectivity index (χ0) is 14.4. The molecule has 0 aromatic carbocycles. The van der Waals surface area contributed by atoms with Crippen LogP contribution in [0, 0.1) is 6.92 Å². The summed E-state index contributed by atoms with van der Waals surface area (Å²) in [5, 5.41) is 5.00. The number of nitrogens with one attached hydrogen (secondary N) is 1. The first-order chi connectivity index (χ1) is 9.70. The SMILES string of the molecule is COCCNCc1cnc(SC2CCOC2C)c(C)c1. The average Bonchev–Trinajstić information content (AvgIpc) is 2.83. The van der Waals surface area contributed by atoms with Gasteiger partial charge < -0.3 is 14.8 Å². The number of thioether (sulfide) groups is 1. The van der Waals surface area contributed by atoms with Gasteiger partial charge in [0.15, 0.2) is 0 Å². The highest BCUT2D eigenvalue weighted by Crippen LogP contribution is 2.33. The van der Waals surface area contributed by atoms with E-state index in [0.29, 0.717) is 11.4 Å². The normalized spacial score (nSPS) is 22.4. The van der Waals surface area contributed by atoms with Gasteiger partial charge in [0.2, 0.25) is 0 Å². The van der Waals surface area contributed by atoms with Crippen molar-refractivity contribution < 1.29 is 9.47 Å². The van der Waals surface area contributed by atoms with Crippen molar-refractivity contribution in [1.29, 1.82) is 0 Å². The zero-order valence-corrected chi connectivity index (χ0v) is 13.3. The minimum Gasteiger partial charge on any atom is -0.383 e. The molecular formula is C15H24N2O2S. The van der Waals surface area contributed by atoms with E-state index in [9.17, 15) is 0 Å². The van der Waals surface area contributed by atoms with Gasteiger partial charge in [0.1, 0.15) is 0 Å². The van der Waals surface area contributed by atoms with Crippen LogP contribution in [-0.4, -0.2) is 43.2 Å². The van der Waals surface area contributed by atoms with Crippen molar-refractivity contribution in [3.63, 3.8) is 0 Å². The molecule has 2 atom stereocenters. The van der Waals surface area contributed by atoms with Gasteiger partial charge in [0.05, 0.1) is 17.7 Å². The Hall–Kier alpha value is -0.620. The van der Waals surface area contributed by atoms with E-state index < -0.39 is 0 Å². The van der Waals surface area contributed by atoms with E-state index in [1.165, 1.54) is 11.1 Å². The van der Waals surface area contributed by atoms with Crippen LogP contribution in [-0.2, 0) is 16.0 Å². The first kappa shape index (κ1) is 15.8. The van der Waals surface area contributed by atoms with Gasteiger partial charge in [-0.2, -0.15) is 0 Å². The summed E-state index contributed by atoms with van der Waals surface area (Å²) in [4.78, 5) is 4.61. The molecule has 0 amide bonds. The molecule has 112 valence electrons. The lowest BCUT2D eigenvalue weighted by Gasteiger charge is -2.15. The van der Waals surface area contributed by atoms with Gasteiger partial charge in [0.25, 0.3) is 0 Å². The Morgan fingerprint density at radius 1 is 1.55 bits per heavy atom. The van der Waals surface area contributed by atoms with Crippen LogP contribution in [0.5, 0.6) is 0 Å². The maximum atomic E-state index is 5.61. The van der Waals surface area contributed by atoms with Gasteiger partial charge in [-0.3, -0.25) is 0 Å². The smallest absolute Gasteiger partial charge is 0.0992 e. The monoisotopic (exact) mass is 296 g/mol. The molecule has 1 fully saturated rings. The Kier molecular flexibility index (Phi) is 6.29. The Labute approximate surface area is 125 Å². The average molecular weight is 296 g/mol. The van der Waals surface area contributed by atoms with Crippen LogP contribution in [0.1, 0.15) is 24.5 Å². The first-order valence-electron chi connectivity index (χ1n) is 7.14. The van der Waals surface area contributed by atoms with Crippen LogP contribution in [0.15, 0.2) is 17.3 Å². The number of hydrogen-bond acceptors (Lipinski definition) is 5. The standard InChI is InChI=1S/C15H24N2O2S/c1-11-8-13(9-16-5-7-18-3)10-17-15(11)20-14-4-6-19-12(14)2/h8,10,12,14,16H,4-7,9H2,1-3H3. The molecular weight excluding hydrogens is 272 g/mol. The molecule has 0 bridgehead atoms. The summed E-state index contributed by atoms with van der Waals surface area (Å²) in [5.74, 6) is 0. The van der Waals surface area contributed by atoms with Crippen molar-refractivity contribution >= 4 is 11.8 Å². The molecule has 0 spiro atoms. The van der Waals surface area contributed by atoms with Crippen molar-refractivity contribution in [3.05, 3.63) is 23.4 Å². The number of aromatic nitrogens is 1. The third-order valence-corrected chi connectivity index (χ3v) is 5.04. The number of pyridine rings is 1. The Balaban J connectivity index is 1.88. The fourth-order valence-corrected chi connectivity index (χ4v) is 3.39. The van der Waals surface area contributed by atoms with E-state index in [1.54, 1.807) is 7.11 Å². The van der Waals surface area contributed by atoms with Crippen molar-refractivity contribution in [2.24, 2.45) is 0 Å². The molecule has 1 aromatic rings. The minimum absolute atomic E-state index is 0.330. The van der Waals surface area contributed by atoms with Crippen LogP contribution in [0.3, 0.4) is 0 Å². The van der Waals surface area contributed by atoms with E-state index in [4.69, 9.17) is 9.47 Å². The molecule has 0 radical (unpaired) electrons. The maximum Gasteiger partial charge on any atom is 0.0992 e. The third kappa shape index (κ3) is 4.45. The third-order valence-electron chi connectivity index (χ3n) is 3.47. The molecule has 1 aliphatic heterocycles. The van der Waals surface area contributed by atoms with Crippen molar-refractivity contribution in [1.82, 2.24) is 10.3 Å². The largest absolute Gasteiger partial charge is 0.383 e. The number of rotatable bonds is 7. The number of hydrogen-bond donors (Lipinski definition) is 1. The molecule has 2 rings (SSSR count). The lowest BCUT2D eigenvalue weighted by atomic mass is 10.2. The highest BCUT2D eigenvalue weighted by atomic mass is 32.2. The zero-order valence-electron chi connectivity index (χ0n) is 12.5. The van der Waals surface area contributed by atoms with E-state index >= 15 is 0 Å². The first-order valence-corrected chi connectivity index (χ1v) is 8.02. The fraction of sp³-hybridized carbons (Fsp3) is 0.667. The molecule has 1 N–H and O–H groups in total. The van der Waals surface area contributed by atoms with Gasteiger partial charge in [0, 0.05) is 38.3 Å². The quantitative estimate of drug-likeness (QED) is 0.783. The second-order valence-electron chi connectivity index (χ2n) is 5.16. The predicted octanol–water partition coefficient (Wildman–Crippen LogP) is 2.40. The molecule has 2 heterocycles. The van der Waals surface area contributed by atoms with Gasteiger partial charge in [-0.05, 0) is 31.4 Å². The summed E-state index contributed by atoms with van der Waals surface area (Å²) in [6.07, 6.45) is 3.42. The number of ether oxygens (including phenoxy) is 2. The van der Waals surface area contributed by atoms with E-state index in [1.807, 2.05) is 18.0 Å². The highest BCUT2D eigenvalue weighted by molar-refractivity contribution is 8.00. The van der Waals surface area contributed by atoms with Crippen molar-refractivity contribution in [2.75, 3.05) is 26.9 Å². The van der Waals surface area contributed by atoms with Crippen LogP contribution in [0.2, 0.25) is 0 Å². The van der Waals surface area contributed by atoms with E-state index in [0.717, 1.165) is 37.8 Å². The van der Waals surface area contributed by atoms with Gasteiger partial charge in [-0.1, -0.05) is 17.8 Å². The molecule has 1 saturated heterocycles. The summed E-state index contributed by atoms with van der Waals surface area (Å²) in [6.45, 7) is 7.59. The lowest BCUT2D eigenvalue weighted by Crippen LogP contribution is -2.18. The lowest BCUT2D eigenvalue weighted by molar-refractivity contribution is 0.127. The molecule has 1 aromatic heterocycles. The fourth-order valence-electron chi connectivity index (χ4n) is 2.26. The maximum absolute atomic E-state index is 5.61. The van der Waals surface area contributed by atoms with Gasteiger partial charge in [-0.15, -0.1) is 0 Å². The molecule has 5 heteroatoms. The van der Waals surface area contributed by atoms with Crippen LogP contribution >= 0.6 is 11.8 Å². The predicted molar refractivity (Wildman–Crippen MR) is 82.2 cm³/mol. The molecule has 20 heavy (non-hydrogen) atoms. The van der Waals surface area contributed by atoms with E-state index in [2.05, 4.69) is 30.2 Å². The molecule has 4 nitrogen and oxygen atoms in total. The number of methoxy groups -OCH3 is 1. The second-order valence-corrected chi connectivity index (χ2v) is 6.38. The highest BCUT2D eigenvalue weighted by Gasteiger charge is 2.26. The minimum atomic E-state index is 0.330. The summed E-state index contributed by atoms with van der Waals surface area (Å²) >= 11 is 1.85. The van der Waals surface area contributed by atoms with Gasteiger partial charge >= 0.3 is 0 Å². The number of nitrogens with zero attached hydrogens (tertiary/aromatic N) is 1. The van der Waals surface area contributed by atoms with Crippen molar-refractivity contribution in [3.8, 4) is 0 Å². The van der Waals surface area contributed by atoms with Crippen LogP contribution < -0.4 is 5.32 Å². The topological polar surface area (TPSA) is 43.4 Å².